The Labute approximate surface area is 118 Å². The molecule has 19 heavy (non-hydrogen) atoms. The van der Waals surface area contributed by atoms with Crippen molar-refractivity contribution >= 4 is 11.3 Å². The molecule has 2 aromatic rings. The van der Waals surface area contributed by atoms with E-state index in [9.17, 15) is 5.11 Å². The molecular formula is C15H20N2OS. The number of benzene rings is 1. The summed E-state index contributed by atoms with van der Waals surface area (Å²) >= 11 is 1.69. The Morgan fingerprint density at radius 1 is 1.32 bits per heavy atom. The van der Waals surface area contributed by atoms with Gasteiger partial charge in [-0.1, -0.05) is 37.3 Å². The van der Waals surface area contributed by atoms with Gasteiger partial charge in [-0.2, -0.15) is 0 Å². The predicted molar refractivity (Wildman–Crippen MR) is 79.3 cm³/mol. The van der Waals surface area contributed by atoms with Crippen molar-refractivity contribution in [1.82, 2.24) is 9.88 Å². The highest BCUT2D eigenvalue weighted by Gasteiger charge is 2.12. The highest BCUT2D eigenvalue weighted by Crippen LogP contribution is 2.14. The fourth-order valence-electron chi connectivity index (χ4n) is 2.03. The van der Waals surface area contributed by atoms with Gasteiger partial charge in [-0.25, -0.2) is 4.98 Å². The highest BCUT2D eigenvalue weighted by molar-refractivity contribution is 7.09. The quantitative estimate of drug-likeness (QED) is 0.845. The summed E-state index contributed by atoms with van der Waals surface area (Å²) in [4.78, 5) is 6.55. The largest absolute Gasteiger partial charge is 0.387 e. The van der Waals surface area contributed by atoms with Crippen LogP contribution in [0.4, 0.5) is 0 Å². The number of aliphatic hydroxyl groups is 1. The predicted octanol–water partition coefficient (Wildman–Crippen LogP) is 2.74. The van der Waals surface area contributed by atoms with Gasteiger partial charge in [0.25, 0.3) is 0 Å². The van der Waals surface area contributed by atoms with Crippen molar-refractivity contribution in [2.45, 2.75) is 19.4 Å². The normalized spacial score (nSPS) is 12.8. The molecule has 1 aromatic carbocycles. The number of nitrogens with zero attached hydrogens (tertiary/aromatic N) is 2. The highest BCUT2D eigenvalue weighted by atomic mass is 32.1. The zero-order valence-corrected chi connectivity index (χ0v) is 12.0. The summed E-state index contributed by atoms with van der Waals surface area (Å²) in [6.07, 6.45) is 2.37. The van der Waals surface area contributed by atoms with Crippen molar-refractivity contribution in [2.75, 3.05) is 19.6 Å². The minimum atomic E-state index is -0.419. The molecule has 0 aliphatic carbocycles. The molecule has 2 rings (SSSR count). The van der Waals surface area contributed by atoms with Crippen molar-refractivity contribution in [3.8, 4) is 0 Å². The van der Waals surface area contributed by atoms with Crippen LogP contribution < -0.4 is 0 Å². The van der Waals surface area contributed by atoms with E-state index in [1.165, 1.54) is 0 Å². The van der Waals surface area contributed by atoms with Gasteiger partial charge in [0.1, 0.15) is 0 Å². The average Bonchev–Trinajstić information content (AvgIpc) is 2.97. The summed E-state index contributed by atoms with van der Waals surface area (Å²) in [5.41, 5.74) is 0.982. The number of likely N-dealkylation sites (N-methyl/N-ethyl adjacent to an activating group) is 1. The maximum Gasteiger partial charge on any atom is 0.0937 e. The number of rotatable bonds is 7. The van der Waals surface area contributed by atoms with Crippen LogP contribution >= 0.6 is 11.3 Å². The number of hydrogen-bond acceptors (Lipinski definition) is 4. The summed E-state index contributed by atoms with van der Waals surface area (Å²) < 4.78 is 0. The lowest BCUT2D eigenvalue weighted by Crippen LogP contribution is -2.30. The first kappa shape index (κ1) is 14.2. The zero-order chi connectivity index (χ0) is 13.5. The van der Waals surface area contributed by atoms with Gasteiger partial charge in [-0.05, 0) is 12.1 Å². The molecule has 0 fully saturated rings. The molecule has 1 unspecified atom stereocenters. The molecule has 1 N–H and O–H groups in total. The standard InChI is InChI=1S/C15H20N2OS/c1-2-17(10-8-15-16-9-11-19-15)12-14(18)13-6-4-3-5-7-13/h3-7,9,11,14,18H,2,8,10,12H2,1H3. The van der Waals surface area contributed by atoms with E-state index in [4.69, 9.17) is 0 Å². The molecule has 0 radical (unpaired) electrons. The third-order valence-corrected chi connectivity index (χ3v) is 4.03. The Morgan fingerprint density at radius 2 is 2.11 bits per heavy atom. The van der Waals surface area contributed by atoms with Crippen molar-refractivity contribution in [3.63, 3.8) is 0 Å². The van der Waals surface area contributed by atoms with E-state index in [1.807, 2.05) is 41.9 Å². The average molecular weight is 276 g/mol. The molecule has 0 saturated carbocycles. The van der Waals surface area contributed by atoms with E-state index in [-0.39, 0.29) is 0 Å². The number of thiazole rings is 1. The lowest BCUT2D eigenvalue weighted by atomic mass is 10.1. The van der Waals surface area contributed by atoms with Crippen LogP contribution in [-0.4, -0.2) is 34.6 Å². The maximum atomic E-state index is 10.2. The molecule has 102 valence electrons. The van der Waals surface area contributed by atoms with E-state index in [0.717, 1.165) is 30.1 Å². The minimum absolute atomic E-state index is 0.419. The van der Waals surface area contributed by atoms with Gasteiger partial charge in [0.15, 0.2) is 0 Å². The van der Waals surface area contributed by atoms with Gasteiger partial charge in [-0.3, -0.25) is 0 Å². The van der Waals surface area contributed by atoms with E-state index < -0.39 is 6.10 Å². The summed E-state index contributed by atoms with van der Waals surface area (Å²) in [5, 5.41) is 13.4. The molecule has 0 aliphatic heterocycles. The van der Waals surface area contributed by atoms with Gasteiger partial charge < -0.3 is 10.0 Å². The van der Waals surface area contributed by atoms with Crippen LogP contribution in [-0.2, 0) is 6.42 Å². The summed E-state index contributed by atoms with van der Waals surface area (Å²) in [6, 6.07) is 9.84. The molecule has 0 bridgehead atoms. The Hall–Kier alpha value is -1.23. The van der Waals surface area contributed by atoms with E-state index in [1.54, 1.807) is 11.3 Å². The van der Waals surface area contributed by atoms with E-state index in [0.29, 0.717) is 6.54 Å². The van der Waals surface area contributed by atoms with Gasteiger partial charge >= 0.3 is 0 Å². The van der Waals surface area contributed by atoms with Crippen molar-refractivity contribution in [3.05, 3.63) is 52.5 Å². The van der Waals surface area contributed by atoms with Crippen LogP contribution in [0, 0.1) is 0 Å². The SMILES string of the molecule is CCN(CCc1nccs1)CC(O)c1ccccc1. The topological polar surface area (TPSA) is 36.4 Å². The van der Waals surface area contributed by atoms with Crippen LogP contribution in [0.5, 0.6) is 0 Å². The second-order valence-corrected chi connectivity index (χ2v) is 5.47. The number of aromatic nitrogens is 1. The summed E-state index contributed by atoms with van der Waals surface area (Å²) in [5.74, 6) is 0. The van der Waals surface area contributed by atoms with Gasteiger partial charge in [0.2, 0.25) is 0 Å². The molecule has 1 atom stereocenters. The van der Waals surface area contributed by atoms with Crippen molar-refractivity contribution in [1.29, 1.82) is 0 Å². The van der Waals surface area contributed by atoms with Crippen LogP contribution in [0.1, 0.15) is 23.6 Å². The molecule has 0 saturated heterocycles. The number of aliphatic hydroxyl groups excluding tert-OH is 1. The van der Waals surface area contributed by atoms with Crippen LogP contribution in [0.3, 0.4) is 0 Å². The third kappa shape index (κ3) is 4.42. The van der Waals surface area contributed by atoms with Crippen LogP contribution in [0.2, 0.25) is 0 Å². The van der Waals surface area contributed by atoms with Gasteiger partial charge in [-0.15, -0.1) is 11.3 Å². The Balaban J connectivity index is 1.85. The molecule has 1 aromatic heterocycles. The zero-order valence-electron chi connectivity index (χ0n) is 11.2. The molecular weight excluding hydrogens is 256 g/mol. The summed E-state index contributed by atoms with van der Waals surface area (Å²) in [7, 11) is 0. The molecule has 4 heteroatoms. The first-order valence-electron chi connectivity index (χ1n) is 6.63. The lowest BCUT2D eigenvalue weighted by Gasteiger charge is -2.23. The molecule has 0 aliphatic rings. The van der Waals surface area contributed by atoms with Gasteiger partial charge in [0, 0.05) is 31.1 Å². The Morgan fingerprint density at radius 3 is 2.74 bits per heavy atom. The minimum Gasteiger partial charge on any atom is -0.387 e. The maximum absolute atomic E-state index is 10.2. The van der Waals surface area contributed by atoms with Crippen molar-refractivity contribution in [2.24, 2.45) is 0 Å². The van der Waals surface area contributed by atoms with E-state index in [2.05, 4.69) is 16.8 Å². The first-order valence-corrected chi connectivity index (χ1v) is 7.51. The van der Waals surface area contributed by atoms with Crippen LogP contribution in [0.25, 0.3) is 0 Å². The summed E-state index contributed by atoms with van der Waals surface area (Å²) in [6.45, 7) is 4.68. The Bertz CT molecular complexity index is 458. The second kappa shape index (κ2) is 7.38. The third-order valence-electron chi connectivity index (χ3n) is 3.19. The molecule has 1 heterocycles. The first-order chi connectivity index (χ1) is 9.29. The molecule has 3 nitrogen and oxygen atoms in total. The fraction of sp³-hybridized carbons (Fsp3) is 0.400. The lowest BCUT2D eigenvalue weighted by molar-refractivity contribution is 0.116. The smallest absolute Gasteiger partial charge is 0.0937 e. The van der Waals surface area contributed by atoms with Crippen molar-refractivity contribution < 1.29 is 5.11 Å². The van der Waals surface area contributed by atoms with E-state index >= 15 is 0 Å². The molecule has 0 amide bonds. The monoisotopic (exact) mass is 276 g/mol. The Kier molecular flexibility index (Phi) is 5.51. The van der Waals surface area contributed by atoms with Gasteiger partial charge in [0.05, 0.1) is 11.1 Å². The molecule has 0 spiro atoms. The second-order valence-electron chi connectivity index (χ2n) is 4.50. The fourth-order valence-corrected chi connectivity index (χ4v) is 2.64. The number of hydrogen-bond donors (Lipinski definition) is 1. The van der Waals surface area contributed by atoms with Crippen LogP contribution in [0.15, 0.2) is 41.9 Å².